The number of piperidine rings is 2. The summed E-state index contributed by atoms with van der Waals surface area (Å²) in [5.41, 5.74) is 2.00. The molecule has 2 aliphatic rings. The van der Waals surface area contributed by atoms with E-state index in [1.165, 1.54) is 0 Å². The summed E-state index contributed by atoms with van der Waals surface area (Å²) in [4.78, 5) is 33.3. The summed E-state index contributed by atoms with van der Waals surface area (Å²) in [7, 11) is 5.62. The predicted molar refractivity (Wildman–Crippen MR) is 169 cm³/mol. The number of benzene rings is 2. The molecule has 7 nitrogen and oxygen atoms in total. The second-order valence-corrected chi connectivity index (χ2v) is 12.9. The fraction of sp³-hybridized carbons (Fsp3) is 0.515. The number of hydrogen-bond donors (Lipinski definition) is 1. The molecule has 0 radical (unpaired) electrons. The molecule has 1 N–H and O–H groups in total. The van der Waals surface area contributed by atoms with Gasteiger partial charge in [-0.15, -0.1) is 0 Å². The van der Waals surface area contributed by atoms with E-state index in [1.807, 2.05) is 63.6 Å². The summed E-state index contributed by atoms with van der Waals surface area (Å²) >= 11 is 12.8. The van der Waals surface area contributed by atoms with Crippen LogP contribution in [0.5, 0.6) is 0 Å². The van der Waals surface area contributed by atoms with Gasteiger partial charge in [0.25, 0.3) is 5.91 Å². The first-order valence-corrected chi connectivity index (χ1v) is 15.8. The summed E-state index contributed by atoms with van der Waals surface area (Å²) in [6, 6.07) is 13.5. The van der Waals surface area contributed by atoms with Gasteiger partial charge < -0.3 is 19.5 Å². The number of fused-ring (bicyclic) bond motifs is 1. The van der Waals surface area contributed by atoms with Gasteiger partial charge in [0.05, 0.1) is 16.3 Å². The molecule has 2 atom stereocenters. The highest BCUT2D eigenvalue weighted by Gasteiger charge is 2.48. The average molecular weight is 614 g/mol. The maximum Gasteiger partial charge on any atom is 0.253 e. The molecule has 42 heavy (non-hydrogen) atoms. The molecule has 2 aromatic carbocycles. The molecule has 1 aromatic heterocycles. The number of likely N-dealkylation sites (tertiary alicyclic amines) is 1. The zero-order valence-electron chi connectivity index (χ0n) is 24.9. The highest BCUT2D eigenvalue weighted by molar-refractivity contribution is 6.42. The van der Waals surface area contributed by atoms with Gasteiger partial charge in [-0.25, -0.2) is 0 Å². The molecular formula is C33H42Cl2N4O3. The summed E-state index contributed by atoms with van der Waals surface area (Å²) in [6.45, 7) is 3.19. The maximum atomic E-state index is 13.7. The van der Waals surface area contributed by atoms with Crippen LogP contribution in [0.2, 0.25) is 10.0 Å². The smallest absolute Gasteiger partial charge is 0.253 e. The van der Waals surface area contributed by atoms with Crippen LogP contribution in [0.15, 0.2) is 53.1 Å². The van der Waals surface area contributed by atoms with E-state index in [0.29, 0.717) is 28.2 Å². The third-order valence-corrected chi connectivity index (χ3v) is 9.95. The van der Waals surface area contributed by atoms with Crippen LogP contribution in [-0.4, -0.2) is 85.4 Å². The topological polar surface area (TPSA) is 69.0 Å². The van der Waals surface area contributed by atoms with Crippen molar-refractivity contribution >= 4 is 46.0 Å². The molecule has 0 spiro atoms. The predicted octanol–water partition coefficient (Wildman–Crippen LogP) is 6.44. The number of likely N-dealkylation sites (N-methyl/N-ethyl adjacent to an activating group) is 2. The summed E-state index contributed by atoms with van der Waals surface area (Å²) in [6.07, 6.45) is 8.44. The lowest BCUT2D eigenvalue weighted by Crippen LogP contribution is -2.66. The van der Waals surface area contributed by atoms with E-state index in [1.54, 1.807) is 16.1 Å². The first-order valence-electron chi connectivity index (χ1n) is 15.1. The fourth-order valence-electron chi connectivity index (χ4n) is 7.00. The molecule has 2 aliphatic heterocycles. The summed E-state index contributed by atoms with van der Waals surface area (Å²) in [5.74, 6) is 0.244. The Kier molecular flexibility index (Phi) is 9.83. The molecular weight excluding hydrogens is 571 g/mol. The number of rotatable bonds is 9. The molecule has 2 fully saturated rings. The molecule has 2 unspecified atom stereocenters. The van der Waals surface area contributed by atoms with Crippen LogP contribution >= 0.6 is 23.2 Å². The van der Waals surface area contributed by atoms with E-state index >= 15 is 0 Å². The van der Waals surface area contributed by atoms with Crippen molar-refractivity contribution in [3.05, 3.63) is 69.9 Å². The minimum atomic E-state index is -0.461. The molecule has 2 amide bonds. The number of amides is 2. The highest BCUT2D eigenvalue weighted by Crippen LogP contribution is 2.38. The maximum absolute atomic E-state index is 13.7. The van der Waals surface area contributed by atoms with Gasteiger partial charge in [0, 0.05) is 50.6 Å². The van der Waals surface area contributed by atoms with E-state index in [9.17, 15) is 9.59 Å². The zero-order valence-corrected chi connectivity index (χ0v) is 26.4. The van der Waals surface area contributed by atoms with Crippen LogP contribution in [0.3, 0.4) is 0 Å². The molecule has 3 heterocycles. The first-order chi connectivity index (χ1) is 20.2. The standard InChI is InChI=1S/C33H42Cl2N4O3/c1-37(2)32(41)33(14-16-36-17-15-33)39-18-5-4-6-27(39)10-7-26(23-8-11-28(34)29(35)21-23)22-38(3)31(40)25-9-12-30-24(20-25)13-19-42-30/h8-9,11-13,19-21,26-27,36H,4-7,10,14-18,22H2,1-3H3. The Hall–Kier alpha value is -2.58. The SMILES string of the molecule is CN(C)C(=O)C1(N2CCCCC2CCC(CN(C)C(=O)c2ccc3occc3c2)c2ccc(Cl)c(Cl)c2)CCNCC1. The Morgan fingerprint density at radius 1 is 1.05 bits per heavy atom. The summed E-state index contributed by atoms with van der Waals surface area (Å²) < 4.78 is 5.45. The van der Waals surface area contributed by atoms with Crippen LogP contribution in [-0.2, 0) is 4.79 Å². The van der Waals surface area contributed by atoms with E-state index < -0.39 is 5.54 Å². The van der Waals surface area contributed by atoms with Crippen LogP contribution in [0, 0.1) is 0 Å². The minimum Gasteiger partial charge on any atom is -0.464 e. The van der Waals surface area contributed by atoms with Crippen molar-refractivity contribution in [1.29, 1.82) is 0 Å². The largest absolute Gasteiger partial charge is 0.464 e. The Balaban J connectivity index is 1.37. The van der Waals surface area contributed by atoms with Crippen LogP contribution in [0.1, 0.15) is 66.8 Å². The quantitative estimate of drug-likeness (QED) is 0.301. The monoisotopic (exact) mass is 612 g/mol. The van der Waals surface area contributed by atoms with Crippen molar-refractivity contribution in [2.45, 2.75) is 62.4 Å². The Morgan fingerprint density at radius 2 is 1.83 bits per heavy atom. The van der Waals surface area contributed by atoms with Crippen molar-refractivity contribution in [2.24, 2.45) is 0 Å². The number of furan rings is 1. The number of carbonyl (C=O) groups is 2. The zero-order chi connectivity index (χ0) is 29.9. The Morgan fingerprint density at radius 3 is 2.57 bits per heavy atom. The molecule has 0 bridgehead atoms. The van der Waals surface area contributed by atoms with Crippen molar-refractivity contribution < 1.29 is 14.0 Å². The van der Waals surface area contributed by atoms with Crippen molar-refractivity contribution in [1.82, 2.24) is 20.0 Å². The van der Waals surface area contributed by atoms with Crippen LogP contribution in [0.25, 0.3) is 11.0 Å². The van der Waals surface area contributed by atoms with E-state index in [2.05, 4.69) is 10.2 Å². The molecule has 5 rings (SSSR count). The third kappa shape index (κ3) is 6.49. The highest BCUT2D eigenvalue weighted by atomic mass is 35.5. The second-order valence-electron chi connectivity index (χ2n) is 12.1. The van der Waals surface area contributed by atoms with Gasteiger partial charge in [0.2, 0.25) is 5.91 Å². The molecule has 3 aromatic rings. The lowest BCUT2D eigenvalue weighted by atomic mass is 9.80. The Bertz CT molecular complexity index is 1400. The number of hydrogen-bond acceptors (Lipinski definition) is 5. The second kappa shape index (κ2) is 13.4. The van der Waals surface area contributed by atoms with Crippen molar-refractivity contribution in [2.75, 3.05) is 47.3 Å². The van der Waals surface area contributed by atoms with Crippen molar-refractivity contribution in [3.63, 3.8) is 0 Å². The Labute approximate surface area is 259 Å². The molecule has 0 aliphatic carbocycles. The lowest BCUT2D eigenvalue weighted by molar-refractivity contribution is -0.148. The van der Waals surface area contributed by atoms with Crippen LogP contribution in [0.4, 0.5) is 0 Å². The van der Waals surface area contributed by atoms with Gasteiger partial charge in [-0.3, -0.25) is 14.5 Å². The summed E-state index contributed by atoms with van der Waals surface area (Å²) in [5, 5.41) is 5.40. The van der Waals surface area contributed by atoms with Gasteiger partial charge in [-0.05, 0) is 100 Å². The van der Waals surface area contributed by atoms with E-state index in [-0.39, 0.29) is 17.7 Å². The number of nitrogens with one attached hydrogen (secondary N) is 1. The van der Waals surface area contributed by atoms with Gasteiger partial charge >= 0.3 is 0 Å². The molecule has 9 heteroatoms. The average Bonchev–Trinajstić information content (AvgIpc) is 3.48. The molecule has 226 valence electrons. The lowest BCUT2D eigenvalue weighted by Gasteiger charge is -2.51. The number of carbonyl (C=O) groups excluding carboxylic acids is 2. The van der Waals surface area contributed by atoms with Crippen molar-refractivity contribution in [3.8, 4) is 0 Å². The van der Waals surface area contributed by atoms with E-state index in [4.69, 9.17) is 27.6 Å². The van der Waals surface area contributed by atoms with E-state index in [0.717, 1.165) is 81.1 Å². The number of halogens is 2. The van der Waals surface area contributed by atoms with Gasteiger partial charge in [-0.1, -0.05) is 35.7 Å². The third-order valence-electron chi connectivity index (χ3n) is 9.22. The molecule has 2 saturated heterocycles. The van der Waals surface area contributed by atoms with Gasteiger partial charge in [0.15, 0.2) is 0 Å². The fourth-order valence-corrected chi connectivity index (χ4v) is 7.31. The molecule has 0 saturated carbocycles. The van der Waals surface area contributed by atoms with Crippen LogP contribution < -0.4 is 5.32 Å². The van der Waals surface area contributed by atoms with Gasteiger partial charge in [-0.2, -0.15) is 0 Å². The first kappa shape index (κ1) is 30.9. The minimum absolute atomic E-state index is 0.0345. The van der Waals surface area contributed by atoms with Gasteiger partial charge in [0.1, 0.15) is 11.1 Å². The number of nitrogens with zero attached hydrogens (tertiary/aromatic N) is 3. The normalized spacial score (nSPS) is 19.9.